The highest BCUT2D eigenvalue weighted by atomic mass is 32.1. The van der Waals surface area contributed by atoms with Crippen molar-refractivity contribution < 1.29 is 0 Å². The first-order chi connectivity index (χ1) is 7.92. The quantitative estimate of drug-likeness (QED) is 0.735. The molecule has 0 atom stereocenters. The highest BCUT2D eigenvalue weighted by Crippen LogP contribution is 2.41. The monoisotopic (exact) mass is 236 g/mol. The zero-order valence-corrected chi connectivity index (χ0v) is 10.6. The minimum Gasteiger partial charge on any atom is -0.311 e. The number of hydrogen-bond donors (Lipinski definition) is 1. The van der Waals surface area contributed by atoms with E-state index in [0.717, 1.165) is 24.9 Å². The average molecular weight is 236 g/mol. The van der Waals surface area contributed by atoms with Crippen LogP contribution in [0, 0.1) is 5.92 Å². The molecule has 3 rings (SSSR count). The Bertz CT molecular complexity index is 339. The van der Waals surface area contributed by atoms with E-state index in [1.807, 2.05) is 11.3 Å². The van der Waals surface area contributed by atoms with Crippen LogP contribution in [0.4, 0.5) is 0 Å². The second kappa shape index (κ2) is 4.84. The highest BCUT2D eigenvalue weighted by Gasteiger charge is 2.26. The van der Waals surface area contributed by atoms with Gasteiger partial charge in [0.2, 0.25) is 0 Å². The normalized spacial score (nSPS) is 20.2. The third-order valence-corrected chi connectivity index (χ3v) is 4.52. The Kier molecular flexibility index (Phi) is 3.25. The van der Waals surface area contributed by atoms with Crippen molar-refractivity contribution in [3.8, 4) is 0 Å². The summed E-state index contributed by atoms with van der Waals surface area (Å²) >= 11 is 1.85. The molecule has 88 valence electrons. The van der Waals surface area contributed by atoms with E-state index in [2.05, 4.69) is 15.7 Å². The maximum atomic E-state index is 4.67. The summed E-state index contributed by atoms with van der Waals surface area (Å²) in [7, 11) is 0. The largest absolute Gasteiger partial charge is 0.311 e. The Morgan fingerprint density at radius 3 is 2.94 bits per heavy atom. The van der Waals surface area contributed by atoms with Crippen LogP contribution in [0.2, 0.25) is 0 Å². The smallest absolute Gasteiger partial charge is 0.0959 e. The molecule has 1 aromatic rings. The van der Waals surface area contributed by atoms with Gasteiger partial charge in [0.05, 0.1) is 10.7 Å². The SMILES string of the molecule is c1sc(C2CC2)nc1CNCCCC1CC1. The van der Waals surface area contributed by atoms with E-state index in [1.54, 1.807) is 0 Å². The lowest BCUT2D eigenvalue weighted by molar-refractivity contribution is 0.590. The molecule has 16 heavy (non-hydrogen) atoms. The second-order valence-corrected chi connectivity index (χ2v) is 6.10. The lowest BCUT2D eigenvalue weighted by atomic mass is 10.2. The Hall–Kier alpha value is -0.410. The molecule has 1 N–H and O–H groups in total. The summed E-state index contributed by atoms with van der Waals surface area (Å²) in [4.78, 5) is 4.67. The number of hydrogen-bond acceptors (Lipinski definition) is 3. The first-order valence-corrected chi connectivity index (χ1v) is 7.45. The first-order valence-electron chi connectivity index (χ1n) is 6.57. The van der Waals surface area contributed by atoms with Gasteiger partial charge in [-0.3, -0.25) is 0 Å². The van der Waals surface area contributed by atoms with Gasteiger partial charge in [-0.15, -0.1) is 11.3 Å². The van der Waals surface area contributed by atoms with E-state index < -0.39 is 0 Å². The van der Waals surface area contributed by atoms with Gasteiger partial charge in [0.25, 0.3) is 0 Å². The summed E-state index contributed by atoms with van der Waals surface area (Å²) in [6.07, 6.45) is 8.46. The molecular weight excluding hydrogens is 216 g/mol. The Balaban J connectivity index is 1.33. The topological polar surface area (TPSA) is 24.9 Å². The molecule has 0 aromatic carbocycles. The molecule has 0 radical (unpaired) electrons. The average Bonchev–Trinajstić information content (AvgIpc) is 3.19. The van der Waals surface area contributed by atoms with Crippen LogP contribution in [0.25, 0.3) is 0 Å². The van der Waals surface area contributed by atoms with Crippen LogP contribution < -0.4 is 5.32 Å². The van der Waals surface area contributed by atoms with E-state index >= 15 is 0 Å². The molecule has 0 spiro atoms. The minimum absolute atomic E-state index is 0.814. The molecule has 0 aliphatic heterocycles. The predicted octanol–water partition coefficient (Wildman–Crippen LogP) is 3.30. The number of thiazole rings is 1. The third-order valence-electron chi connectivity index (χ3n) is 3.47. The summed E-state index contributed by atoms with van der Waals surface area (Å²) in [5.41, 5.74) is 1.25. The van der Waals surface area contributed by atoms with Gasteiger partial charge in [-0.25, -0.2) is 4.98 Å². The maximum Gasteiger partial charge on any atom is 0.0959 e. The van der Waals surface area contributed by atoms with Crippen molar-refractivity contribution in [1.29, 1.82) is 0 Å². The molecule has 0 unspecified atom stereocenters. The van der Waals surface area contributed by atoms with Gasteiger partial charge in [-0.05, 0) is 38.1 Å². The van der Waals surface area contributed by atoms with Gasteiger partial charge in [0.1, 0.15) is 0 Å². The van der Waals surface area contributed by atoms with Crippen LogP contribution in [-0.4, -0.2) is 11.5 Å². The maximum absolute atomic E-state index is 4.67. The fraction of sp³-hybridized carbons (Fsp3) is 0.769. The molecular formula is C13H20N2S. The minimum atomic E-state index is 0.814. The van der Waals surface area contributed by atoms with Crippen molar-refractivity contribution in [3.63, 3.8) is 0 Å². The number of rotatable bonds is 7. The van der Waals surface area contributed by atoms with Gasteiger partial charge in [0, 0.05) is 17.8 Å². The zero-order valence-electron chi connectivity index (χ0n) is 9.74. The van der Waals surface area contributed by atoms with Crippen molar-refractivity contribution in [2.45, 2.75) is 51.0 Å². The Morgan fingerprint density at radius 2 is 2.19 bits per heavy atom. The summed E-state index contributed by atoms with van der Waals surface area (Å²) in [5.74, 6) is 1.89. The molecule has 0 saturated heterocycles. The molecule has 3 heteroatoms. The van der Waals surface area contributed by atoms with E-state index in [9.17, 15) is 0 Å². The van der Waals surface area contributed by atoms with E-state index in [-0.39, 0.29) is 0 Å². The molecule has 2 fully saturated rings. The molecule has 1 heterocycles. The molecule has 2 aliphatic carbocycles. The van der Waals surface area contributed by atoms with Crippen LogP contribution in [0.3, 0.4) is 0 Å². The fourth-order valence-corrected chi connectivity index (χ4v) is 3.05. The van der Waals surface area contributed by atoms with Crippen LogP contribution in [0.5, 0.6) is 0 Å². The number of nitrogens with zero attached hydrogens (tertiary/aromatic N) is 1. The van der Waals surface area contributed by atoms with Crippen molar-refractivity contribution in [1.82, 2.24) is 10.3 Å². The first kappa shape index (κ1) is 10.7. The van der Waals surface area contributed by atoms with Crippen molar-refractivity contribution in [2.75, 3.05) is 6.54 Å². The molecule has 0 amide bonds. The second-order valence-electron chi connectivity index (χ2n) is 5.21. The number of aromatic nitrogens is 1. The summed E-state index contributed by atoms with van der Waals surface area (Å²) in [6, 6.07) is 0. The van der Waals surface area contributed by atoms with Gasteiger partial charge in [0.15, 0.2) is 0 Å². The zero-order chi connectivity index (χ0) is 10.8. The van der Waals surface area contributed by atoms with Crippen LogP contribution in [0.15, 0.2) is 5.38 Å². The van der Waals surface area contributed by atoms with E-state index in [0.29, 0.717) is 0 Å². The summed E-state index contributed by atoms with van der Waals surface area (Å²) in [6.45, 7) is 2.13. The van der Waals surface area contributed by atoms with Gasteiger partial charge < -0.3 is 5.32 Å². The standard InChI is InChI=1S/C13H20N2S/c1(2-10-3-4-10)7-14-8-12-9-16-13(15-12)11-5-6-11/h9-11,14H,1-8H2. The Morgan fingerprint density at radius 1 is 1.31 bits per heavy atom. The lowest BCUT2D eigenvalue weighted by Gasteiger charge is -2.01. The van der Waals surface area contributed by atoms with Crippen LogP contribution in [-0.2, 0) is 6.54 Å². The Labute approximate surface area is 101 Å². The summed E-state index contributed by atoms with van der Waals surface area (Å²) < 4.78 is 0. The van der Waals surface area contributed by atoms with Gasteiger partial charge in [-0.2, -0.15) is 0 Å². The predicted molar refractivity (Wildman–Crippen MR) is 67.8 cm³/mol. The molecule has 2 nitrogen and oxygen atoms in total. The number of nitrogens with one attached hydrogen (secondary N) is 1. The molecule has 2 aliphatic rings. The van der Waals surface area contributed by atoms with Crippen LogP contribution in [0.1, 0.15) is 55.1 Å². The third kappa shape index (κ3) is 3.05. The van der Waals surface area contributed by atoms with E-state index in [4.69, 9.17) is 0 Å². The molecule has 0 bridgehead atoms. The van der Waals surface area contributed by atoms with Crippen LogP contribution >= 0.6 is 11.3 Å². The molecule has 1 aromatic heterocycles. The van der Waals surface area contributed by atoms with Gasteiger partial charge in [-0.1, -0.05) is 12.8 Å². The highest BCUT2D eigenvalue weighted by molar-refractivity contribution is 7.09. The summed E-state index contributed by atoms with van der Waals surface area (Å²) in [5, 5.41) is 7.10. The van der Waals surface area contributed by atoms with E-state index in [1.165, 1.54) is 49.2 Å². The van der Waals surface area contributed by atoms with Gasteiger partial charge >= 0.3 is 0 Å². The fourth-order valence-electron chi connectivity index (χ4n) is 2.06. The lowest BCUT2D eigenvalue weighted by Crippen LogP contribution is -2.15. The van der Waals surface area contributed by atoms with Crippen molar-refractivity contribution >= 4 is 11.3 Å². The van der Waals surface area contributed by atoms with Crippen molar-refractivity contribution in [3.05, 3.63) is 16.1 Å². The van der Waals surface area contributed by atoms with Crippen molar-refractivity contribution in [2.24, 2.45) is 5.92 Å². The molecule has 2 saturated carbocycles.